The number of thiophene rings is 1. The molecule has 3 rings (SSSR count). The van der Waals surface area contributed by atoms with E-state index in [1.807, 2.05) is 37.4 Å². The molecule has 3 amide bonds. The van der Waals surface area contributed by atoms with Gasteiger partial charge in [0, 0.05) is 43.2 Å². The summed E-state index contributed by atoms with van der Waals surface area (Å²) in [5.41, 5.74) is 5.87. The fourth-order valence-electron chi connectivity index (χ4n) is 2.64. The second-order valence-electron chi connectivity index (χ2n) is 5.64. The first-order chi connectivity index (χ1) is 12.0. The number of amides is 3. The quantitative estimate of drug-likeness (QED) is 0.620. The summed E-state index contributed by atoms with van der Waals surface area (Å²) in [6.45, 7) is 1.61. The third-order valence-electron chi connectivity index (χ3n) is 3.84. The lowest BCUT2D eigenvalue weighted by Crippen LogP contribution is -2.42. The predicted octanol–water partition coefficient (Wildman–Crippen LogP) is 1.68. The molecule has 1 aromatic carbocycles. The highest BCUT2D eigenvalue weighted by Crippen LogP contribution is 2.34. The molecular formula is C17H18N4O3S. The van der Waals surface area contributed by atoms with E-state index in [-0.39, 0.29) is 30.7 Å². The number of carbonyl (C=O) groups is 3. The number of nitrogens with zero attached hydrogens (tertiary/aromatic N) is 1. The van der Waals surface area contributed by atoms with E-state index in [9.17, 15) is 14.4 Å². The van der Waals surface area contributed by atoms with Gasteiger partial charge in [-0.2, -0.15) is 0 Å². The average molecular weight is 358 g/mol. The molecule has 0 bridgehead atoms. The van der Waals surface area contributed by atoms with Gasteiger partial charge in [0.1, 0.15) is 4.83 Å². The van der Waals surface area contributed by atoms with Crippen molar-refractivity contribution < 1.29 is 14.4 Å². The zero-order chi connectivity index (χ0) is 18.0. The van der Waals surface area contributed by atoms with Crippen LogP contribution in [0.15, 0.2) is 30.3 Å². The van der Waals surface area contributed by atoms with Gasteiger partial charge >= 0.3 is 0 Å². The number of hydrazine groups is 1. The first-order valence-corrected chi connectivity index (χ1v) is 8.59. The van der Waals surface area contributed by atoms with Crippen LogP contribution in [0.25, 0.3) is 21.1 Å². The Labute approximate surface area is 148 Å². The van der Waals surface area contributed by atoms with Crippen LogP contribution in [0, 0.1) is 0 Å². The third kappa shape index (κ3) is 3.48. The number of benzene rings is 1. The molecule has 2 heterocycles. The number of carbonyl (C=O) groups excluding carboxylic acids is 3. The lowest BCUT2D eigenvalue weighted by atomic mass is 10.2. The number of aromatic nitrogens is 1. The smallest absolute Gasteiger partial charge is 0.279 e. The van der Waals surface area contributed by atoms with Crippen molar-refractivity contribution in [2.45, 2.75) is 13.3 Å². The summed E-state index contributed by atoms with van der Waals surface area (Å²) in [5.74, 6) is -0.929. The molecule has 130 valence electrons. The van der Waals surface area contributed by atoms with Gasteiger partial charge in [0.25, 0.3) is 5.91 Å². The zero-order valence-electron chi connectivity index (χ0n) is 13.9. The van der Waals surface area contributed by atoms with Crippen LogP contribution in [0.2, 0.25) is 0 Å². The summed E-state index contributed by atoms with van der Waals surface area (Å²) in [6, 6.07) is 9.85. The zero-order valence-corrected chi connectivity index (χ0v) is 14.7. The largest absolute Gasteiger partial charge is 0.356 e. The molecule has 0 saturated heterocycles. The van der Waals surface area contributed by atoms with Crippen LogP contribution in [0.4, 0.5) is 0 Å². The van der Waals surface area contributed by atoms with E-state index >= 15 is 0 Å². The van der Waals surface area contributed by atoms with Gasteiger partial charge in [-0.1, -0.05) is 18.2 Å². The van der Waals surface area contributed by atoms with Gasteiger partial charge < -0.3 is 9.88 Å². The highest BCUT2D eigenvalue weighted by molar-refractivity contribution is 7.20. The van der Waals surface area contributed by atoms with Crippen molar-refractivity contribution in [1.29, 1.82) is 0 Å². The first kappa shape index (κ1) is 17.0. The molecule has 0 aliphatic heterocycles. The summed E-state index contributed by atoms with van der Waals surface area (Å²) in [7, 11) is 1.96. The minimum absolute atomic E-state index is 0.0942. The summed E-state index contributed by atoms with van der Waals surface area (Å²) in [4.78, 5) is 36.2. The molecule has 3 aromatic rings. The molecule has 0 radical (unpaired) electrons. The monoisotopic (exact) mass is 358 g/mol. The fraction of sp³-hybridized carbons (Fsp3) is 0.235. The van der Waals surface area contributed by atoms with Crippen molar-refractivity contribution in [3.63, 3.8) is 0 Å². The van der Waals surface area contributed by atoms with Crippen LogP contribution >= 0.6 is 11.3 Å². The highest BCUT2D eigenvalue weighted by Gasteiger charge is 2.16. The van der Waals surface area contributed by atoms with E-state index in [1.54, 1.807) is 0 Å². The van der Waals surface area contributed by atoms with E-state index in [4.69, 9.17) is 0 Å². The van der Waals surface area contributed by atoms with Crippen molar-refractivity contribution in [2.75, 3.05) is 6.54 Å². The third-order valence-corrected chi connectivity index (χ3v) is 5.05. The Balaban J connectivity index is 1.67. The Morgan fingerprint density at radius 1 is 1.12 bits per heavy atom. The maximum absolute atomic E-state index is 12.3. The molecule has 3 N–H and O–H groups in total. The van der Waals surface area contributed by atoms with Gasteiger partial charge in [0.15, 0.2) is 0 Å². The summed E-state index contributed by atoms with van der Waals surface area (Å²) >= 11 is 1.37. The van der Waals surface area contributed by atoms with Crippen molar-refractivity contribution >= 4 is 50.2 Å². The molecule has 25 heavy (non-hydrogen) atoms. The molecule has 2 aromatic heterocycles. The minimum atomic E-state index is -0.367. The van der Waals surface area contributed by atoms with E-state index in [0.717, 1.165) is 21.1 Å². The van der Waals surface area contributed by atoms with Crippen LogP contribution in [-0.4, -0.2) is 28.8 Å². The van der Waals surface area contributed by atoms with Gasteiger partial charge in [-0.05, 0) is 12.1 Å². The molecule has 0 unspecified atom stereocenters. The van der Waals surface area contributed by atoms with Crippen LogP contribution in [0.3, 0.4) is 0 Å². The number of hydrogen-bond acceptors (Lipinski definition) is 4. The summed E-state index contributed by atoms with van der Waals surface area (Å²) in [6.07, 6.45) is 0.0942. The first-order valence-electron chi connectivity index (χ1n) is 7.78. The van der Waals surface area contributed by atoms with Crippen LogP contribution in [0.5, 0.6) is 0 Å². The summed E-state index contributed by atoms with van der Waals surface area (Å²) in [5, 5.41) is 4.63. The minimum Gasteiger partial charge on any atom is -0.356 e. The summed E-state index contributed by atoms with van der Waals surface area (Å²) < 4.78 is 2.05. The molecule has 8 heteroatoms. The predicted molar refractivity (Wildman–Crippen MR) is 97.2 cm³/mol. The Kier molecular flexibility index (Phi) is 4.71. The number of nitrogens with one attached hydrogen (secondary N) is 3. The lowest BCUT2D eigenvalue weighted by molar-refractivity contribution is -0.122. The van der Waals surface area contributed by atoms with Gasteiger partial charge in [-0.15, -0.1) is 11.3 Å². The molecule has 0 fully saturated rings. The number of hydrogen-bond donors (Lipinski definition) is 3. The topological polar surface area (TPSA) is 92.2 Å². The Morgan fingerprint density at radius 3 is 2.64 bits per heavy atom. The van der Waals surface area contributed by atoms with E-state index in [2.05, 4.69) is 20.7 Å². The lowest BCUT2D eigenvalue weighted by Gasteiger charge is -2.06. The molecule has 0 aliphatic rings. The van der Waals surface area contributed by atoms with Crippen LogP contribution in [-0.2, 0) is 16.6 Å². The van der Waals surface area contributed by atoms with Crippen LogP contribution < -0.4 is 16.2 Å². The highest BCUT2D eigenvalue weighted by atomic mass is 32.1. The Morgan fingerprint density at radius 2 is 1.88 bits per heavy atom. The fourth-order valence-corrected chi connectivity index (χ4v) is 3.68. The van der Waals surface area contributed by atoms with E-state index in [0.29, 0.717) is 4.88 Å². The molecule has 7 nitrogen and oxygen atoms in total. The van der Waals surface area contributed by atoms with Crippen molar-refractivity contribution in [3.05, 3.63) is 35.2 Å². The maximum atomic E-state index is 12.3. The number of fused-ring (bicyclic) bond motifs is 3. The van der Waals surface area contributed by atoms with Crippen LogP contribution in [0.1, 0.15) is 23.0 Å². The van der Waals surface area contributed by atoms with Gasteiger partial charge in [-0.3, -0.25) is 25.2 Å². The molecule has 0 spiro atoms. The van der Waals surface area contributed by atoms with Gasteiger partial charge in [0.05, 0.1) is 4.88 Å². The Hall–Kier alpha value is -2.87. The molecule has 0 aliphatic carbocycles. The normalized spacial score (nSPS) is 10.8. The van der Waals surface area contributed by atoms with Gasteiger partial charge in [-0.25, -0.2) is 0 Å². The van der Waals surface area contributed by atoms with Gasteiger partial charge in [0.2, 0.25) is 11.8 Å². The molecule has 0 saturated carbocycles. The SMILES string of the molecule is CC(=O)NCCC(=O)NNC(=O)c1cc2c3ccccc3n(C)c2s1. The molecular weight excluding hydrogens is 340 g/mol. The van der Waals surface area contributed by atoms with Crippen molar-refractivity contribution in [3.8, 4) is 0 Å². The second-order valence-corrected chi connectivity index (χ2v) is 6.67. The number of rotatable bonds is 4. The van der Waals surface area contributed by atoms with Crippen molar-refractivity contribution in [1.82, 2.24) is 20.7 Å². The standard InChI is InChI=1S/C17H18N4O3S/c1-10(22)18-8-7-15(23)19-20-16(24)14-9-12-11-5-3-4-6-13(11)21(2)17(12)25-14/h3-6,9H,7-8H2,1-2H3,(H,18,22)(H,19,23)(H,20,24). The Bertz CT molecular complexity index is 973. The second kappa shape index (κ2) is 6.94. The molecule has 0 atom stereocenters. The van der Waals surface area contributed by atoms with E-state index < -0.39 is 0 Å². The number of aryl methyl sites for hydroxylation is 1. The maximum Gasteiger partial charge on any atom is 0.279 e. The number of para-hydroxylation sites is 1. The van der Waals surface area contributed by atoms with E-state index in [1.165, 1.54) is 18.3 Å². The van der Waals surface area contributed by atoms with Crippen molar-refractivity contribution in [2.24, 2.45) is 7.05 Å². The average Bonchev–Trinajstić information content (AvgIpc) is 3.13.